The zero-order chi connectivity index (χ0) is 16.7. The minimum Gasteiger partial charge on any atom is -0.481 e. The molecule has 2 rings (SSSR count). The largest absolute Gasteiger partial charge is 0.481 e. The first kappa shape index (κ1) is 17.1. The highest BCUT2D eigenvalue weighted by Crippen LogP contribution is 2.64. The van der Waals surface area contributed by atoms with E-state index in [0.717, 1.165) is 25.7 Å². The van der Waals surface area contributed by atoms with Gasteiger partial charge in [0.15, 0.2) is 0 Å². The molecular formula is C17H29NO4. The third kappa shape index (κ3) is 3.73. The first-order chi connectivity index (χ1) is 10.0. The Bertz CT molecular complexity index is 452. The van der Waals surface area contributed by atoms with Gasteiger partial charge in [-0.15, -0.1) is 0 Å². The lowest BCUT2D eigenvalue weighted by Crippen LogP contribution is -2.42. The van der Waals surface area contributed by atoms with Gasteiger partial charge in [-0.05, 0) is 57.3 Å². The van der Waals surface area contributed by atoms with Crippen molar-refractivity contribution in [1.82, 2.24) is 5.32 Å². The summed E-state index contributed by atoms with van der Waals surface area (Å²) in [4.78, 5) is 23.2. The number of carbonyl (C=O) groups excluding carboxylic acids is 1. The van der Waals surface area contributed by atoms with Gasteiger partial charge >= 0.3 is 12.1 Å². The van der Waals surface area contributed by atoms with Crippen molar-refractivity contribution < 1.29 is 19.4 Å². The molecule has 2 fully saturated rings. The number of ether oxygens (including phenoxy) is 1. The van der Waals surface area contributed by atoms with Crippen molar-refractivity contribution in [1.29, 1.82) is 0 Å². The number of amides is 1. The van der Waals surface area contributed by atoms with Crippen LogP contribution in [0.1, 0.15) is 60.3 Å². The van der Waals surface area contributed by atoms with E-state index in [4.69, 9.17) is 4.74 Å². The Labute approximate surface area is 132 Å². The molecule has 0 radical (unpaired) electrons. The molecule has 0 spiro atoms. The average molecular weight is 311 g/mol. The molecule has 0 aromatic carbocycles. The second-order valence-corrected chi connectivity index (χ2v) is 8.43. The smallest absolute Gasteiger partial charge is 0.407 e. The number of alkyl carbamates (subject to hydrolysis) is 1. The predicted octanol–water partition coefficient (Wildman–Crippen LogP) is 3.43. The van der Waals surface area contributed by atoms with Gasteiger partial charge in [0.1, 0.15) is 5.60 Å². The van der Waals surface area contributed by atoms with Gasteiger partial charge in [0, 0.05) is 6.04 Å². The van der Waals surface area contributed by atoms with E-state index in [1.807, 2.05) is 34.6 Å². The van der Waals surface area contributed by atoms with Crippen LogP contribution in [0.3, 0.4) is 0 Å². The average Bonchev–Trinajstić information content (AvgIpc) is 2.90. The molecule has 0 heterocycles. The number of hydrogen-bond acceptors (Lipinski definition) is 3. The molecule has 0 aliphatic heterocycles. The van der Waals surface area contributed by atoms with E-state index in [-0.39, 0.29) is 29.4 Å². The van der Waals surface area contributed by atoms with Crippen molar-refractivity contribution in [3.63, 3.8) is 0 Å². The summed E-state index contributed by atoms with van der Waals surface area (Å²) < 4.78 is 5.31. The van der Waals surface area contributed by atoms with Gasteiger partial charge in [-0.2, -0.15) is 0 Å². The summed E-state index contributed by atoms with van der Waals surface area (Å²) in [5.41, 5.74) is -0.616. The maximum absolute atomic E-state index is 11.9. The quantitative estimate of drug-likeness (QED) is 0.837. The van der Waals surface area contributed by atoms with Crippen LogP contribution in [0.25, 0.3) is 0 Å². The first-order valence-electron chi connectivity index (χ1n) is 8.24. The van der Waals surface area contributed by atoms with Gasteiger partial charge in [-0.1, -0.05) is 20.3 Å². The van der Waals surface area contributed by atoms with Crippen LogP contribution >= 0.6 is 0 Å². The molecule has 4 atom stereocenters. The van der Waals surface area contributed by atoms with Crippen LogP contribution in [0.5, 0.6) is 0 Å². The summed E-state index contributed by atoms with van der Waals surface area (Å²) >= 11 is 0. The van der Waals surface area contributed by atoms with Gasteiger partial charge in [0.2, 0.25) is 0 Å². The van der Waals surface area contributed by atoms with Gasteiger partial charge in [0.25, 0.3) is 0 Å². The molecule has 2 aliphatic carbocycles. The third-order valence-corrected chi connectivity index (χ3v) is 5.12. The molecule has 0 bridgehead atoms. The number of aliphatic carboxylic acids is 1. The summed E-state index contributed by atoms with van der Waals surface area (Å²) in [5, 5.41) is 12.3. The fraction of sp³-hybridized carbons (Fsp3) is 0.882. The van der Waals surface area contributed by atoms with Crippen molar-refractivity contribution in [2.75, 3.05) is 0 Å². The zero-order valence-electron chi connectivity index (χ0n) is 14.3. The Hall–Kier alpha value is -1.26. The Morgan fingerprint density at radius 3 is 2.36 bits per heavy atom. The topological polar surface area (TPSA) is 75.6 Å². The Morgan fingerprint density at radius 2 is 1.86 bits per heavy atom. The monoisotopic (exact) mass is 311 g/mol. The summed E-state index contributed by atoms with van der Waals surface area (Å²) in [5.74, 6) is -0.312. The van der Waals surface area contributed by atoms with Crippen LogP contribution in [-0.4, -0.2) is 28.8 Å². The summed E-state index contributed by atoms with van der Waals surface area (Å²) in [7, 11) is 0. The molecule has 0 aromatic rings. The van der Waals surface area contributed by atoms with E-state index < -0.39 is 11.6 Å². The van der Waals surface area contributed by atoms with E-state index in [9.17, 15) is 14.7 Å². The molecule has 2 aliphatic rings. The first-order valence-corrected chi connectivity index (χ1v) is 8.24. The van der Waals surface area contributed by atoms with Crippen molar-refractivity contribution in [2.45, 2.75) is 71.9 Å². The van der Waals surface area contributed by atoms with Crippen LogP contribution in [0.4, 0.5) is 4.79 Å². The number of nitrogens with one attached hydrogen (secondary N) is 1. The lowest BCUT2D eigenvalue weighted by atomic mass is 9.80. The van der Waals surface area contributed by atoms with E-state index in [2.05, 4.69) is 5.32 Å². The van der Waals surface area contributed by atoms with Crippen LogP contribution in [0.15, 0.2) is 0 Å². The molecule has 1 amide bonds. The highest BCUT2D eigenvalue weighted by Gasteiger charge is 2.64. The molecule has 5 nitrogen and oxygen atoms in total. The van der Waals surface area contributed by atoms with Crippen molar-refractivity contribution in [3.05, 3.63) is 0 Å². The molecule has 2 saturated carbocycles. The van der Waals surface area contributed by atoms with E-state index in [1.54, 1.807) is 0 Å². The van der Waals surface area contributed by atoms with E-state index in [1.165, 1.54) is 0 Å². The van der Waals surface area contributed by atoms with Gasteiger partial charge in [0.05, 0.1) is 5.92 Å². The van der Waals surface area contributed by atoms with E-state index >= 15 is 0 Å². The number of rotatable bonds is 3. The van der Waals surface area contributed by atoms with Crippen LogP contribution < -0.4 is 5.32 Å². The molecule has 2 N–H and O–H groups in total. The number of hydrogen-bond donors (Lipinski definition) is 2. The van der Waals surface area contributed by atoms with Crippen LogP contribution in [0.2, 0.25) is 0 Å². The highest BCUT2D eigenvalue weighted by molar-refractivity contribution is 5.75. The predicted molar refractivity (Wildman–Crippen MR) is 83.5 cm³/mol. The molecule has 5 heteroatoms. The molecule has 0 aromatic heterocycles. The SMILES string of the molecule is CC(C)(C)OC(=O)N[C@@H]1CCCC([C@@H]2[C@@H](C(=O)O)C2(C)C)C1. The third-order valence-electron chi connectivity index (χ3n) is 5.12. The van der Waals surface area contributed by atoms with Gasteiger partial charge in [-0.25, -0.2) is 4.79 Å². The van der Waals surface area contributed by atoms with Crippen LogP contribution in [0, 0.1) is 23.2 Å². The minimum absolute atomic E-state index is 0.0967. The lowest BCUT2D eigenvalue weighted by Gasteiger charge is -2.31. The molecule has 22 heavy (non-hydrogen) atoms. The van der Waals surface area contributed by atoms with E-state index in [0.29, 0.717) is 5.92 Å². The summed E-state index contributed by atoms with van der Waals surface area (Å²) in [6.45, 7) is 9.63. The highest BCUT2D eigenvalue weighted by atomic mass is 16.6. The molecule has 0 saturated heterocycles. The Morgan fingerprint density at radius 1 is 1.23 bits per heavy atom. The van der Waals surface area contributed by atoms with Gasteiger partial charge in [-0.3, -0.25) is 4.79 Å². The fourth-order valence-corrected chi connectivity index (χ4v) is 4.19. The van der Waals surface area contributed by atoms with Crippen molar-refractivity contribution in [2.24, 2.45) is 23.2 Å². The van der Waals surface area contributed by atoms with Gasteiger partial charge < -0.3 is 15.2 Å². The number of carboxylic acids is 1. The maximum Gasteiger partial charge on any atom is 0.407 e. The van der Waals surface area contributed by atoms with Crippen LogP contribution in [-0.2, 0) is 9.53 Å². The minimum atomic E-state index is -0.683. The Kier molecular flexibility index (Phi) is 4.46. The molecular weight excluding hydrogens is 282 g/mol. The second kappa shape index (κ2) is 5.74. The fourth-order valence-electron chi connectivity index (χ4n) is 4.19. The Balaban J connectivity index is 1.90. The standard InChI is InChI=1S/C17H29NO4/c1-16(2,3)22-15(21)18-11-8-6-7-10(9-11)12-13(14(19)20)17(12,4)5/h10-13H,6-9H2,1-5H3,(H,18,21)(H,19,20)/t10?,11-,12-,13+/m1/s1. The van der Waals surface area contributed by atoms with Crippen molar-refractivity contribution >= 4 is 12.1 Å². The number of carboxylic acid groups (broad SMARTS) is 1. The molecule has 1 unspecified atom stereocenters. The number of carbonyl (C=O) groups is 2. The maximum atomic E-state index is 11.9. The summed E-state index contributed by atoms with van der Waals surface area (Å²) in [6, 6.07) is 0.0967. The second-order valence-electron chi connectivity index (χ2n) is 8.43. The lowest BCUT2D eigenvalue weighted by molar-refractivity contribution is -0.139. The zero-order valence-corrected chi connectivity index (χ0v) is 14.3. The normalized spacial score (nSPS) is 33.9. The van der Waals surface area contributed by atoms with Crippen molar-refractivity contribution in [3.8, 4) is 0 Å². The molecule has 126 valence electrons. The summed E-state index contributed by atoms with van der Waals surface area (Å²) in [6.07, 6.45) is 3.52.